The van der Waals surface area contributed by atoms with Crippen molar-refractivity contribution in [3.63, 3.8) is 0 Å². The number of amides is 1. The third-order valence-electron chi connectivity index (χ3n) is 11.4. The molecular weight excluding hydrogens is 988 g/mol. The van der Waals surface area contributed by atoms with Crippen LogP contribution in [0.4, 0.5) is 40.6 Å². The molecule has 2 aliphatic heterocycles. The molecule has 0 spiro atoms. The standard InChI is InChI=1S/C26H27ClN8O3S2.C22H28N4O6/c27-17-1-3-18(4-2-17)28-22(36)16-39-26-30-20-6-5-19(15-21(20)40-26)29-23-31-24(34-7-11-37-12-8-34)33-25(32-23)35-9-13-38-14-10-35;27-11-9-23-5-7-25-13-1-2-14(26-8-6-24-10-12-28)18-17(13)21(31)19-15(29)3-4-16(30)20(19)22(18)32/h1-6,15H,7-14,16H2,(H,28,36)(H,29,31,32,33);1-4,23-30H,5-12H2. The molecule has 1 aliphatic carbocycles. The largest absolute Gasteiger partial charge is 0.507 e. The number of phenolic OH excluding ortho intramolecular Hbond substituents is 2. The fourth-order valence-corrected chi connectivity index (χ4v) is 9.92. The topological polar surface area (TPSA) is 281 Å². The second kappa shape index (κ2) is 25.3. The minimum Gasteiger partial charge on any atom is -0.507 e. The Hall–Kier alpha value is -6.41. The molecule has 0 atom stereocenters. The summed E-state index contributed by atoms with van der Waals surface area (Å²) in [4.78, 5) is 62.3. The van der Waals surface area contributed by atoms with Crippen LogP contribution < -0.4 is 41.7 Å². The second-order valence-corrected chi connectivity index (χ2v) is 19.0. The number of carbonyl (C=O) groups excluding carboxylic acids is 3. The normalized spacial score (nSPS) is 14.3. The van der Waals surface area contributed by atoms with Gasteiger partial charge in [-0.1, -0.05) is 23.4 Å². The van der Waals surface area contributed by atoms with Crippen molar-refractivity contribution >= 4 is 103 Å². The average molecular weight is 1040 g/mol. The van der Waals surface area contributed by atoms with Crippen molar-refractivity contribution in [2.24, 2.45) is 0 Å². The van der Waals surface area contributed by atoms with Gasteiger partial charge in [-0.05, 0) is 66.7 Å². The number of fused-ring (bicyclic) bond motifs is 3. The lowest BCUT2D eigenvalue weighted by atomic mass is 9.81. The average Bonchev–Trinajstić information content (AvgIpc) is 3.81. The molecule has 2 fully saturated rings. The number of ether oxygens (including phenoxy) is 2. The first-order valence-electron chi connectivity index (χ1n) is 23.3. The minimum atomic E-state index is -0.559. The molecule has 4 heterocycles. The first-order valence-corrected chi connectivity index (χ1v) is 25.5. The maximum absolute atomic E-state index is 13.4. The van der Waals surface area contributed by atoms with Gasteiger partial charge >= 0.3 is 0 Å². The number of aromatic nitrogens is 4. The third-order valence-corrected chi connectivity index (χ3v) is 13.8. The Kier molecular flexibility index (Phi) is 18.3. The van der Waals surface area contributed by atoms with E-state index >= 15 is 0 Å². The van der Waals surface area contributed by atoms with Crippen LogP contribution in [0.15, 0.2) is 71.1 Å². The molecule has 0 radical (unpaired) electrons. The first kappa shape index (κ1) is 51.9. The zero-order valence-electron chi connectivity index (χ0n) is 39.1. The molecule has 4 aromatic carbocycles. The molecule has 0 unspecified atom stereocenters. The van der Waals surface area contributed by atoms with E-state index in [1.165, 1.54) is 23.9 Å². The molecule has 0 bridgehead atoms. The van der Waals surface area contributed by atoms with Crippen LogP contribution in [0.25, 0.3) is 10.2 Å². The van der Waals surface area contributed by atoms with E-state index in [9.17, 15) is 24.6 Å². The van der Waals surface area contributed by atoms with Gasteiger partial charge in [0.1, 0.15) is 11.5 Å². The van der Waals surface area contributed by atoms with Gasteiger partial charge in [0.2, 0.25) is 35.3 Å². The highest BCUT2D eigenvalue weighted by Crippen LogP contribution is 2.42. The number of phenols is 2. The Balaban J connectivity index is 0.000000198. The van der Waals surface area contributed by atoms with Crippen molar-refractivity contribution in [3.05, 3.63) is 94.0 Å². The van der Waals surface area contributed by atoms with Gasteiger partial charge in [-0.25, -0.2) is 4.98 Å². The van der Waals surface area contributed by atoms with Gasteiger partial charge in [0.05, 0.1) is 77.9 Å². The van der Waals surface area contributed by atoms with Gasteiger partial charge in [0.15, 0.2) is 4.34 Å². The molecule has 2 aromatic heterocycles. The summed E-state index contributed by atoms with van der Waals surface area (Å²) in [6, 6.07) is 18.7. The quantitative estimate of drug-likeness (QED) is 0.0292. The zero-order valence-corrected chi connectivity index (χ0v) is 41.5. The number of nitrogens with zero attached hydrogens (tertiary/aromatic N) is 6. The molecule has 24 heteroatoms. The number of morpholine rings is 2. The fraction of sp³-hybridized carbons (Fsp3) is 0.354. The maximum Gasteiger partial charge on any atom is 0.234 e. The van der Waals surface area contributed by atoms with E-state index in [1.54, 1.807) is 47.7 Å². The Labute approximate surface area is 427 Å². The number of nitrogens with one attached hydrogen (secondary N) is 6. The molecule has 0 saturated carbocycles. The summed E-state index contributed by atoms with van der Waals surface area (Å²) in [5.74, 6) is 0.0480. The van der Waals surface area contributed by atoms with E-state index in [0.717, 1.165) is 46.4 Å². The summed E-state index contributed by atoms with van der Waals surface area (Å²) in [5, 5.41) is 57.4. The van der Waals surface area contributed by atoms with E-state index in [4.69, 9.17) is 46.2 Å². The molecule has 3 aliphatic rings. The van der Waals surface area contributed by atoms with E-state index in [2.05, 4.69) is 46.7 Å². The number of hydrogen-bond acceptors (Lipinski definition) is 22. The monoisotopic (exact) mass is 1040 g/mol. The molecule has 21 nitrogen and oxygen atoms in total. The first-order chi connectivity index (χ1) is 35.1. The van der Waals surface area contributed by atoms with Gasteiger partial charge in [0.25, 0.3) is 0 Å². The van der Waals surface area contributed by atoms with E-state index in [-0.39, 0.29) is 58.6 Å². The van der Waals surface area contributed by atoms with Crippen LogP contribution in [0.3, 0.4) is 0 Å². The summed E-state index contributed by atoms with van der Waals surface area (Å²) in [6.07, 6.45) is 0. The Morgan fingerprint density at radius 1 is 0.653 bits per heavy atom. The lowest BCUT2D eigenvalue weighted by Gasteiger charge is -2.30. The van der Waals surface area contributed by atoms with Crippen LogP contribution in [0.1, 0.15) is 31.8 Å². The predicted octanol–water partition coefficient (Wildman–Crippen LogP) is 4.14. The number of benzene rings is 4. The number of rotatable bonds is 20. The number of hydrogen-bond donors (Lipinski definition) is 10. The number of aliphatic hydroxyl groups is 2. The van der Waals surface area contributed by atoms with Crippen molar-refractivity contribution < 1.29 is 44.3 Å². The number of ketones is 2. The molecule has 2 saturated heterocycles. The van der Waals surface area contributed by atoms with E-state index in [1.807, 2.05) is 18.2 Å². The number of aliphatic hydroxyl groups excluding tert-OH is 2. The van der Waals surface area contributed by atoms with Crippen molar-refractivity contribution in [3.8, 4) is 11.5 Å². The number of anilines is 7. The summed E-state index contributed by atoms with van der Waals surface area (Å²) < 4.78 is 12.8. The zero-order chi connectivity index (χ0) is 50.4. The highest BCUT2D eigenvalue weighted by Gasteiger charge is 2.38. The van der Waals surface area contributed by atoms with Crippen molar-refractivity contribution in [1.29, 1.82) is 0 Å². The fourth-order valence-electron chi connectivity index (χ4n) is 7.89. The number of thiazole rings is 1. The van der Waals surface area contributed by atoms with Crippen LogP contribution in [-0.4, -0.2) is 169 Å². The van der Waals surface area contributed by atoms with Crippen molar-refractivity contribution in [1.82, 2.24) is 30.6 Å². The van der Waals surface area contributed by atoms with Crippen LogP contribution in [0.2, 0.25) is 5.02 Å². The maximum atomic E-state index is 13.4. The number of carbonyl (C=O) groups is 3. The summed E-state index contributed by atoms with van der Waals surface area (Å²) in [6.45, 7) is 8.32. The molecular formula is C48H55ClN12O9S2. The summed E-state index contributed by atoms with van der Waals surface area (Å²) >= 11 is 8.86. The van der Waals surface area contributed by atoms with Crippen LogP contribution >= 0.6 is 34.7 Å². The van der Waals surface area contributed by atoms with E-state index < -0.39 is 11.6 Å². The second-order valence-electron chi connectivity index (χ2n) is 16.3. The van der Waals surface area contributed by atoms with Gasteiger partial charge < -0.3 is 71.6 Å². The molecule has 1 amide bonds. The molecule has 72 heavy (non-hydrogen) atoms. The molecule has 10 N–H and O–H groups in total. The molecule has 9 rings (SSSR count). The van der Waals surface area contributed by atoms with E-state index in [0.29, 0.717) is 106 Å². The van der Waals surface area contributed by atoms with Gasteiger partial charge in [-0.3, -0.25) is 14.4 Å². The van der Waals surface area contributed by atoms with Crippen molar-refractivity contribution in [2.45, 2.75) is 4.34 Å². The van der Waals surface area contributed by atoms with Crippen molar-refractivity contribution in [2.75, 3.05) is 142 Å². The highest BCUT2D eigenvalue weighted by atomic mass is 35.5. The predicted molar refractivity (Wildman–Crippen MR) is 280 cm³/mol. The summed E-state index contributed by atoms with van der Waals surface area (Å²) in [7, 11) is 0. The van der Waals surface area contributed by atoms with Gasteiger partial charge in [-0.15, -0.1) is 11.3 Å². The minimum absolute atomic E-state index is 0.00939. The number of aromatic hydroxyl groups is 2. The van der Waals surface area contributed by atoms with Crippen LogP contribution in [0.5, 0.6) is 11.5 Å². The lowest BCUT2D eigenvalue weighted by Crippen LogP contribution is -2.40. The smallest absolute Gasteiger partial charge is 0.234 e. The van der Waals surface area contributed by atoms with Crippen LogP contribution in [-0.2, 0) is 14.3 Å². The highest BCUT2D eigenvalue weighted by molar-refractivity contribution is 8.01. The van der Waals surface area contributed by atoms with Gasteiger partial charge in [0, 0.05) is 93.2 Å². The third kappa shape index (κ3) is 13.2. The molecule has 380 valence electrons. The Bertz CT molecular complexity index is 2740. The SMILES string of the molecule is O=C(CSc1nc2ccc(Nc3nc(N4CCOCC4)nc(N4CCOCC4)n3)cc2s1)Nc1ccc(Cl)cc1.O=C1c2c(O)ccc(O)c2C(=O)c2c(NCCNCCO)ccc(NCCNCCO)c21. The van der Waals surface area contributed by atoms with Gasteiger partial charge in [-0.2, -0.15) is 15.0 Å². The van der Waals surface area contributed by atoms with Crippen LogP contribution in [0, 0.1) is 0 Å². The molecule has 6 aromatic rings. The number of halogens is 1. The Morgan fingerprint density at radius 3 is 1.71 bits per heavy atom. The Morgan fingerprint density at radius 2 is 1.18 bits per heavy atom. The summed E-state index contributed by atoms with van der Waals surface area (Å²) in [5.41, 5.74) is 3.11. The number of thioether (sulfide) groups is 1. The lowest BCUT2D eigenvalue weighted by molar-refractivity contribution is -0.113.